The van der Waals surface area contributed by atoms with Crippen molar-refractivity contribution < 1.29 is 18.8 Å². The second-order valence-electron chi connectivity index (χ2n) is 5.05. The summed E-state index contributed by atoms with van der Waals surface area (Å²) in [5, 5.41) is 16.6. The van der Waals surface area contributed by atoms with Crippen LogP contribution in [0.3, 0.4) is 0 Å². The van der Waals surface area contributed by atoms with E-state index in [1.165, 1.54) is 24.3 Å². The Morgan fingerprint density at radius 2 is 2.09 bits per heavy atom. The largest absolute Gasteiger partial charge is 0.386 e. The van der Waals surface area contributed by atoms with Gasteiger partial charge in [0.15, 0.2) is 0 Å². The van der Waals surface area contributed by atoms with Gasteiger partial charge in [-0.2, -0.15) is 0 Å². The van der Waals surface area contributed by atoms with Crippen LogP contribution in [0.4, 0.5) is 4.39 Å². The Hall–Kier alpha value is -1.92. The number of carbonyl (C=O) groups is 1. The lowest BCUT2D eigenvalue weighted by atomic mass is 10.0. The van der Waals surface area contributed by atoms with Crippen molar-refractivity contribution in [2.45, 2.75) is 32.4 Å². The van der Waals surface area contributed by atoms with E-state index in [1.807, 2.05) is 0 Å². The summed E-state index contributed by atoms with van der Waals surface area (Å²) in [5.41, 5.74) is 1.59. The van der Waals surface area contributed by atoms with Crippen molar-refractivity contribution >= 4 is 17.5 Å². The van der Waals surface area contributed by atoms with Gasteiger partial charge in [0.25, 0.3) is 0 Å². The normalized spacial score (nSPS) is 13.7. The highest BCUT2D eigenvalue weighted by atomic mass is 35.5. The summed E-state index contributed by atoms with van der Waals surface area (Å²) in [5.74, 6) is -0.702. The van der Waals surface area contributed by atoms with Crippen LogP contribution in [0.2, 0.25) is 5.22 Å². The molecule has 0 spiro atoms. The number of benzene rings is 1. The van der Waals surface area contributed by atoms with Gasteiger partial charge >= 0.3 is 0 Å². The van der Waals surface area contributed by atoms with Gasteiger partial charge in [-0.25, -0.2) is 4.39 Å². The zero-order chi connectivity index (χ0) is 16.3. The average Bonchev–Trinajstić information content (AvgIpc) is 2.79. The predicted molar refractivity (Wildman–Crippen MR) is 78.9 cm³/mol. The van der Waals surface area contributed by atoms with E-state index in [-0.39, 0.29) is 23.4 Å². The minimum Gasteiger partial charge on any atom is -0.386 e. The van der Waals surface area contributed by atoms with Gasteiger partial charge < -0.3 is 14.9 Å². The zero-order valence-electron chi connectivity index (χ0n) is 12.1. The lowest BCUT2D eigenvalue weighted by Crippen LogP contribution is -2.38. The third kappa shape index (κ3) is 3.84. The average molecular weight is 327 g/mol. The number of rotatable bonds is 5. The van der Waals surface area contributed by atoms with Crippen molar-refractivity contribution in [3.8, 4) is 0 Å². The maximum Gasteiger partial charge on any atom is 0.229 e. The fraction of sp³-hybridized carbons (Fsp3) is 0.333. The molecule has 0 fully saturated rings. The summed E-state index contributed by atoms with van der Waals surface area (Å²) in [6.45, 7) is 3.35. The van der Waals surface area contributed by atoms with Crippen molar-refractivity contribution in [2.24, 2.45) is 0 Å². The fourth-order valence-electron chi connectivity index (χ4n) is 2.05. The maximum absolute atomic E-state index is 12.9. The number of aryl methyl sites for hydroxylation is 1. The molecule has 1 aromatic carbocycles. The van der Waals surface area contributed by atoms with Gasteiger partial charge in [0, 0.05) is 5.56 Å². The lowest BCUT2D eigenvalue weighted by molar-refractivity contribution is -0.121. The Morgan fingerprint density at radius 3 is 2.64 bits per heavy atom. The van der Waals surface area contributed by atoms with Crippen molar-refractivity contribution in [3.05, 3.63) is 52.1 Å². The van der Waals surface area contributed by atoms with E-state index in [0.29, 0.717) is 16.8 Å². The number of aliphatic hydroxyl groups is 1. The van der Waals surface area contributed by atoms with Crippen molar-refractivity contribution in [1.29, 1.82) is 0 Å². The van der Waals surface area contributed by atoms with Gasteiger partial charge in [-0.1, -0.05) is 17.3 Å². The molecule has 0 aliphatic heterocycles. The molecule has 0 saturated heterocycles. The van der Waals surface area contributed by atoms with Crippen LogP contribution in [0.15, 0.2) is 28.8 Å². The molecule has 1 heterocycles. The first kappa shape index (κ1) is 16.5. The second kappa shape index (κ2) is 6.89. The monoisotopic (exact) mass is 326 g/mol. The van der Waals surface area contributed by atoms with E-state index in [0.717, 1.165) is 0 Å². The van der Waals surface area contributed by atoms with E-state index in [2.05, 4.69) is 10.5 Å². The topological polar surface area (TPSA) is 75.4 Å². The van der Waals surface area contributed by atoms with Gasteiger partial charge in [-0.05, 0) is 43.1 Å². The summed E-state index contributed by atoms with van der Waals surface area (Å²) < 4.78 is 17.6. The van der Waals surface area contributed by atoms with Gasteiger partial charge in [0.05, 0.1) is 24.3 Å². The molecule has 1 amide bonds. The van der Waals surface area contributed by atoms with E-state index in [9.17, 15) is 14.3 Å². The number of halogens is 2. The number of nitrogens with one attached hydrogen (secondary N) is 1. The third-order valence-electron chi connectivity index (χ3n) is 3.35. The predicted octanol–water partition coefficient (Wildman–Crippen LogP) is 2.56. The molecule has 0 radical (unpaired) electrons. The highest BCUT2D eigenvalue weighted by molar-refractivity contribution is 6.29. The summed E-state index contributed by atoms with van der Waals surface area (Å²) in [6, 6.07) is 4.92. The zero-order valence-corrected chi connectivity index (χ0v) is 12.9. The molecule has 22 heavy (non-hydrogen) atoms. The smallest absolute Gasteiger partial charge is 0.229 e. The molecule has 2 unspecified atom stereocenters. The molecule has 5 nitrogen and oxygen atoms in total. The van der Waals surface area contributed by atoms with Crippen LogP contribution in [0.5, 0.6) is 0 Å². The first-order valence-corrected chi connectivity index (χ1v) is 7.10. The van der Waals surface area contributed by atoms with Crippen molar-refractivity contribution in [3.63, 3.8) is 0 Å². The second-order valence-corrected chi connectivity index (χ2v) is 5.39. The van der Waals surface area contributed by atoms with E-state index in [1.54, 1.807) is 13.8 Å². The molecule has 118 valence electrons. The Labute approximate surface area is 132 Å². The number of aromatic nitrogens is 1. The third-order valence-corrected chi connectivity index (χ3v) is 3.64. The minimum absolute atomic E-state index is 0.00858. The first-order valence-electron chi connectivity index (χ1n) is 6.72. The number of aliphatic hydroxyl groups excluding tert-OH is 1. The Morgan fingerprint density at radius 1 is 1.45 bits per heavy atom. The number of hydrogen-bond donors (Lipinski definition) is 2. The standard InChI is InChI=1S/C15H16ClFN2O3/c1-8-12(15(16)22-19-8)7-13(20)18-9(2)14(21)10-3-5-11(17)6-4-10/h3-6,9,14,21H,7H2,1-2H3,(H,18,20). The highest BCUT2D eigenvalue weighted by Gasteiger charge is 2.21. The molecule has 7 heteroatoms. The SMILES string of the molecule is Cc1noc(Cl)c1CC(=O)NC(C)C(O)c1ccc(F)cc1. The molecule has 1 aromatic heterocycles. The molecule has 2 N–H and O–H groups in total. The molecule has 0 aliphatic carbocycles. The molecular weight excluding hydrogens is 311 g/mol. The molecule has 0 saturated carbocycles. The quantitative estimate of drug-likeness (QED) is 0.885. The summed E-state index contributed by atoms with van der Waals surface area (Å²) in [4.78, 5) is 12.0. The van der Waals surface area contributed by atoms with Gasteiger partial charge in [-0.3, -0.25) is 4.79 Å². The maximum atomic E-state index is 12.9. The summed E-state index contributed by atoms with van der Waals surface area (Å²) in [7, 11) is 0. The van der Waals surface area contributed by atoms with Crippen LogP contribution in [0.1, 0.15) is 29.8 Å². The molecule has 2 aromatic rings. The van der Waals surface area contributed by atoms with Crippen LogP contribution in [0.25, 0.3) is 0 Å². The summed E-state index contributed by atoms with van der Waals surface area (Å²) in [6.07, 6.45) is -0.933. The van der Waals surface area contributed by atoms with Crippen LogP contribution < -0.4 is 5.32 Å². The first-order chi connectivity index (χ1) is 10.4. The number of carbonyl (C=O) groups excluding carboxylic acids is 1. The van der Waals surface area contributed by atoms with Crippen molar-refractivity contribution in [1.82, 2.24) is 10.5 Å². The lowest BCUT2D eigenvalue weighted by Gasteiger charge is -2.20. The molecule has 2 rings (SSSR count). The van der Waals surface area contributed by atoms with E-state index >= 15 is 0 Å². The van der Waals surface area contributed by atoms with Gasteiger partial charge in [-0.15, -0.1) is 0 Å². The van der Waals surface area contributed by atoms with Gasteiger partial charge in [0.1, 0.15) is 5.82 Å². The highest BCUT2D eigenvalue weighted by Crippen LogP contribution is 2.20. The number of amides is 1. The van der Waals surface area contributed by atoms with Crippen molar-refractivity contribution in [2.75, 3.05) is 0 Å². The summed E-state index contributed by atoms with van der Waals surface area (Å²) >= 11 is 5.80. The van der Waals surface area contributed by atoms with E-state index < -0.39 is 12.1 Å². The van der Waals surface area contributed by atoms with E-state index in [4.69, 9.17) is 16.1 Å². The molecule has 2 atom stereocenters. The molecule has 0 bridgehead atoms. The minimum atomic E-state index is -0.941. The van der Waals surface area contributed by atoms with Crippen LogP contribution in [0, 0.1) is 12.7 Å². The van der Waals surface area contributed by atoms with Gasteiger partial charge in [0.2, 0.25) is 11.1 Å². The Bertz CT molecular complexity index is 638. The Kier molecular flexibility index (Phi) is 5.15. The number of nitrogens with zero attached hydrogens (tertiary/aromatic N) is 1. The fourth-order valence-corrected chi connectivity index (χ4v) is 2.29. The van der Waals surface area contributed by atoms with Crippen LogP contribution >= 0.6 is 11.6 Å². The molecule has 0 aliphatic rings. The number of hydrogen-bond acceptors (Lipinski definition) is 4. The Balaban J connectivity index is 1.97. The van der Waals surface area contributed by atoms with Crippen LogP contribution in [-0.4, -0.2) is 22.2 Å². The van der Waals surface area contributed by atoms with Crippen LogP contribution in [-0.2, 0) is 11.2 Å². The molecular formula is C15H16ClFN2O3.